The van der Waals surface area contributed by atoms with Crippen molar-refractivity contribution in [3.63, 3.8) is 0 Å². The fourth-order valence-corrected chi connectivity index (χ4v) is 3.83. The Kier molecular flexibility index (Phi) is 7.18. The van der Waals surface area contributed by atoms with E-state index in [9.17, 15) is 9.59 Å². The molecular formula is C22H21ClN2O4S. The number of aliphatic carboxylic acids is 1. The third kappa shape index (κ3) is 5.87. The van der Waals surface area contributed by atoms with Gasteiger partial charge in [0.05, 0.1) is 10.6 Å². The molecule has 0 atom stereocenters. The summed E-state index contributed by atoms with van der Waals surface area (Å²) in [6.07, 6.45) is 1.80. The maximum absolute atomic E-state index is 13.0. The molecule has 0 unspecified atom stereocenters. The topological polar surface area (TPSA) is 79.2 Å². The van der Waals surface area contributed by atoms with Crippen molar-refractivity contribution < 1.29 is 19.4 Å². The standard InChI is InChI=1S/C22H21ClN2O4S/c1-14(2)12-25-21(28)19(30-22(25)24-17-7-5-16(23)6-8-17)11-15-3-9-18(10-4-15)29-13-20(26)27/h3-11,14H,12-13H2,1-2H3,(H,26,27)/b19-11-,24-22?. The number of carboxylic acid groups (broad SMARTS) is 1. The first-order chi connectivity index (χ1) is 14.3. The van der Waals surface area contributed by atoms with Crippen LogP contribution in [0.1, 0.15) is 19.4 Å². The summed E-state index contributed by atoms with van der Waals surface area (Å²) in [4.78, 5) is 30.5. The number of amidine groups is 1. The molecule has 6 nitrogen and oxygen atoms in total. The molecule has 2 aromatic carbocycles. The minimum absolute atomic E-state index is 0.0902. The largest absolute Gasteiger partial charge is 0.482 e. The summed E-state index contributed by atoms with van der Waals surface area (Å²) in [6.45, 7) is 4.27. The molecule has 156 valence electrons. The Balaban J connectivity index is 1.83. The normalized spacial score (nSPS) is 16.7. The monoisotopic (exact) mass is 444 g/mol. The lowest BCUT2D eigenvalue weighted by Gasteiger charge is -2.17. The number of thioether (sulfide) groups is 1. The number of rotatable bonds is 7. The molecule has 0 aromatic heterocycles. The Morgan fingerprint density at radius 3 is 2.47 bits per heavy atom. The summed E-state index contributed by atoms with van der Waals surface area (Å²) in [6, 6.07) is 14.1. The Bertz CT molecular complexity index is 985. The number of ether oxygens (including phenoxy) is 1. The van der Waals surface area contributed by atoms with Gasteiger partial charge in [0.15, 0.2) is 11.8 Å². The number of amides is 1. The molecule has 0 bridgehead atoms. The third-order valence-corrected chi connectivity index (χ3v) is 5.29. The number of carbonyl (C=O) groups excluding carboxylic acids is 1. The van der Waals surface area contributed by atoms with E-state index in [-0.39, 0.29) is 11.8 Å². The van der Waals surface area contributed by atoms with E-state index in [2.05, 4.69) is 18.8 Å². The van der Waals surface area contributed by atoms with Crippen LogP contribution in [0.15, 0.2) is 58.4 Å². The van der Waals surface area contributed by atoms with Gasteiger partial charge in [0.25, 0.3) is 5.91 Å². The van der Waals surface area contributed by atoms with Crippen molar-refractivity contribution >= 4 is 52.2 Å². The van der Waals surface area contributed by atoms with E-state index >= 15 is 0 Å². The molecule has 1 N–H and O–H groups in total. The molecule has 2 aromatic rings. The predicted molar refractivity (Wildman–Crippen MR) is 120 cm³/mol. The number of carbonyl (C=O) groups is 2. The van der Waals surface area contributed by atoms with Crippen molar-refractivity contribution in [3.05, 3.63) is 64.0 Å². The van der Waals surface area contributed by atoms with Crippen LogP contribution < -0.4 is 4.74 Å². The van der Waals surface area contributed by atoms with Crippen molar-refractivity contribution in [2.45, 2.75) is 13.8 Å². The average Bonchev–Trinajstić information content (AvgIpc) is 2.97. The van der Waals surface area contributed by atoms with Crippen LogP contribution in [-0.2, 0) is 9.59 Å². The van der Waals surface area contributed by atoms with Gasteiger partial charge >= 0.3 is 5.97 Å². The highest BCUT2D eigenvalue weighted by atomic mass is 35.5. The maximum atomic E-state index is 13.0. The highest BCUT2D eigenvalue weighted by molar-refractivity contribution is 8.18. The van der Waals surface area contributed by atoms with Crippen LogP contribution in [0.4, 0.5) is 5.69 Å². The van der Waals surface area contributed by atoms with Crippen LogP contribution in [0.2, 0.25) is 5.02 Å². The Morgan fingerprint density at radius 1 is 1.20 bits per heavy atom. The van der Waals surface area contributed by atoms with Gasteiger partial charge < -0.3 is 9.84 Å². The number of halogens is 1. The summed E-state index contributed by atoms with van der Waals surface area (Å²) in [5.41, 5.74) is 1.54. The molecule has 1 heterocycles. The van der Waals surface area contributed by atoms with Gasteiger partial charge in [-0.1, -0.05) is 37.6 Å². The van der Waals surface area contributed by atoms with E-state index in [0.29, 0.717) is 27.4 Å². The van der Waals surface area contributed by atoms with Gasteiger partial charge in [0, 0.05) is 11.6 Å². The van der Waals surface area contributed by atoms with Crippen LogP contribution in [0.3, 0.4) is 0 Å². The molecule has 0 spiro atoms. The SMILES string of the molecule is CC(C)CN1C(=O)/C(=C/c2ccc(OCC(=O)O)cc2)SC1=Nc1ccc(Cl)cc1. The van der Waals surface area contributed by atoms with Gasteiger partial charge in [-0.05, 0) is 65.7 Å². The molecule has 0 aliphatic carbocycles. The minimum atomic E-state index is -1.04. The van der Waals surface area contributed by atoms with E-state index in [1.807, 2.05) is 12.1 Å². The van der Waals surface area contributed by atoms with Crippen molar-refractivity contribution in [2.75, 3.05) is 13.2 Å². The van der Waals surface area contributed by atoms with Crippen LogP contribution in [0.25, 0.3) is 6.08 Å². The first-order valence-corrected chi connectivity index (χ1v) is 10.5. The molecule has 0 radical (unpaired) electrons. The zero-order valence-corrected chi connectivity index (χ0v) is 18.1. The summed E-state index contributed by atoms with van der Waals surface area (Å²) < 4.78 is 5.14. The number of nitrogens with zero attached hydrogens (tertiary/aromatic N) is 2. The Morgan fingerprint density at radius 2 is 1.87 bits per heavy atom. The highest BCUT2D eigenvalue weighted by Gasteiger charge is 2.33. The molecule has 1 aliphatic heterocycles. The smallest absolute Gasteiger partial charge is 0.341 e. The second-order valence-corrected chi connectivity index (χ2v) is 8.49. The fraction of sp³-hybridized carbons (Fsp3) is 0.227. The van der Waals surface area contributed by atoms with Crippen LogP contribution >= 0.6 is 23.4 Å². The van der Waals surface area contributed by atoms with Crippen LogP contribution in [-0.4, -0.2) is 40.2 Å². The summed E-state index contributed by atoms with van der Waals surface area (Å²) in [5, 5.41) is 9.94. The van der Waals surface area contributed by atoms with Crippen molar-refractivity contribution in [2.24, 2.45) is 10.9 Å². The first-order valence-electron chi connectivity index (χ1n) is 9.32. The van der Waals surface area contributed by atoms with E-state index in [1.165, 1.54) is 11.8 Å². The second-order valence-electron chi connectivity index (χ2n) is 7.04. The molecule has 1 amide bonds. The third-order valence-electron chi connectivity index (χ3n) is 4.03. The summed E-state index contributed by atoms with van der Waals surface area (Å²) >= 11 is 7.27. The van der Waals surface area contributed by atoms with Crippen molar-refractivity contribution in [1.29, 1.82) is 0 Å². The number of aliphatic imine (C=N–C) groups is 1. The zero-order valence-electron chi connectivity index (χ0n) is 16.5. The number of carboxylic acids is 1. The quantitative estimate of drug-likeness (QED) is 0.603. The predicted octanol–water partition coefficient (Wildman–Crippen LogP) is 5.06. The van der Waals surface area contributed by atoms with E-state index in [4.69, 9.17) is 21.4 Å². The lowest BCUT2D eigenvalue weighted by Crippen LogP contribution is -2.32. The van der Waals surface area contributed by atoms with Gasteiger partial charge in [0.1, 0.15) is 5.75 Å². The van der Waals surface area contributed by atoms with Gasteiger partial charge in [-0.2, -0.15) is 0 Å². The van der Waals surface area contributed by atoms with E-state index < -0.39 is 12.6 Å². The zero-order chi connectivity index (χ0) is 21.7. The molecule has 3 rings (SSSR count). The van der Waals surface area contributed by atoms with Crippen LogP contribution in [0, 0.1) is 5.92 Å². The molecule has 1 saturated heterocycles. The lowest BCUT2D eigenvalue weighted by molar-refractivity contribution is -0.139. The van der Waals surface area contributed by atoms with Gasteiger partial charge in [-0.15, -0.1) is 0 Å². The summed E-state index contributed by atoms with van der Waals surface area (Å²) in [7, 11) is 0. The number of benzene rings is 2. The second kappa shape index (κ2) is 9.82. The molecule has 8 heteroatoms. The highest BCUT2D eigenvalue weighted by Crippen LogP contribution is 2.35. The lowest BCUT2D eigenvalue weighted by atomic mass is 10.2. The molecule has 1 aliphatic rings. The molecule has 30 heavy (non-hydrogen) atoms. The minimum Gasteiger partial charge on any atom is -0.482 e. The van der Waals surface area contributed by atoms with Gasteiger partial charge in [-0.25, -0.2) is 9.79 Å². The van der Waals surface area contributed by atoms with Crippen molar-refractivity contribution in [1.82, 2.24) is 4.90 Å². The van der Waals surface area contributed by atoms with Gasteiger partial charge in [0.2, 0.25) is 0 Å². The molecular weight excluding hydrogens is 424 g/mol. The fourth-order valence-electron chi connectivity index (χ4n) is 2.70. The van der Waals surface area contributed by atoms with E-state index in [1.54, 1.807) is 47.4 Å². The average molecular weight is 445 g/mol. The Hall–Kier alpha value is -2.77. The van der Waals surface area contributed by atoms with E-state index in [0.717, 1.165) is 11.3 Å². The first kappa shape index (κ1) is 21.9. The number of hydrogen-bond donors (Lipinski definition) is 1. The Labute approximate surface area is 184 Å². The van der Waals surface area contributed by atoms with Crippen LogP contribution in [0.5, 0.6) is 5.75 Å². The number of hydrogen-bond acceptors (Lipinski definition) is 5. The van der Waals surface area contributed by atoms with Gasteiger partial charge in [-0.3, -0.25) is 9.69 Å². The van der Waals surface area contributed by atoms with Crippen molar-refractivity contribution in [3.8, 4) is 5.75 Å². The molecule has 1 fully saturated rings. The summed E-state index contributed by atoms with van der Waals surface area (Å²) in [5.74, 6) is -0.383. The molecule has 0 saturated carbocycles. The maximum Gasteiger partial charge on any atom is 0.341 e.